The average Bonchev–Trinajstić information content (AvgIpc) is 3.17. The summed E-state index contributed by atoms with van der Waals surface area (Å²) in [6, 6.07) is 8.90. The second-order valence-electron chi connectivity index (χ2n) is 8.65. The maximum absolute atomic E-state index is 13.0. The quantitative estimate of drug-likeness (QED) is 0.742. The lowest BCUT2D eigenvalue weighted by atomic mass is 9.53. The van der Waals surface area contributed by atoms with Crippen molar-refractivity contribution in [3.8, 4) is 0 Å². The van der Waals surface area contributed by atoms with E-state index in [1.165, 1.54) is 11.1 Å². The van der Waals surface area contributed by atoms with Crippen LogP contribution in [0.25, 0.3) is 0 Å². The van der Waals surface area contributed by atoms with Gasteiger partial charge in [-0.1, -0.05) is 29.8 Å². The summed E-state index contributed by atoms with van der Waals surface area (Å²) in [6.45, 7) is 1.96. The van der Waals surface area contributed by atoms with Gasteiger partial charge in [-0.15, -0.1) is 0 Å². The van der Waals surface area contributed by atoms with Crippen molar-refractivity contribution in [2.45, 2.75) is 42.9 Å². The Morgan fingerprint density at radius 2 is 2.15 bits per heavy atom. The third-order valence-corrected chi connectivity index (χ3v) is 7.94. The van der Waals surface area contributed by atoms with Crippen molar-refractivity contribution in [3.05, 3.63) is 41.5 Å². The number of aliphatic hydroxyl groups is 2. The van der Waals surface area contributed by atoms with E-state index < -0.39 is 6.10 Å². The number of rotatable bonds is 1. The number of fused-ring (bicyclic) bond motifs is 4. The first-order chi connectivity index (χ1) is 12.7. The first-order valence-corrected chi connectivity index (χ1v) is 9.80. The Bertz CT molecular complexity index is 836. The molecule has 6 atom stereocenters. The van der Waals surface area contributed by atoms with Gasteiger partial charge in [-0.2, -0.15) is 0 Å². The fourth-order valence-corrected chi connectivity index (χ4v) is 7.20. The van der Waals surface area contributed by atoms with Crippen LogP contribution >= 0.6 is 0 Å². The molecule has 4 heterocycles. The van der Waals surface area contributed by atoms with Crippen LogP contribution in [0.1, 0.15) is 24.8 Å². The molecular formula is C21H24N2O3. The molecule has 0 aromatic heterocycles. The van der Waals surface area contributed by atoms with Crippen LogP contribution in [0.4, 0.5) is 5.69 Å². The highest BCUT2D eigenvalue weighted by Gasteiger charge is 2.70. The molecule has 5 heteroatoms. The van der Waals surface area contributed by atoms with Crippen LogP contribution in [0, 0.1) is 11.8 Å². The smallest absolute Gasteiger partial charge is 0.229 e. The lowest BCUT2D eigenvalue weighted by Crippen LogP contribution is -2.69. The van der Waals surface area contributed by atoms with Crippen LogP contribution in [0.5, 0.6) is 0 Å². The molecule has 2 bridgehead atoms. The highest BCUT2D eigenvalue weighted by molar-refractivity contribution is 5.99. The highest BCUT2D eigenvalue weighted by atomic mass is 16.3. The van der Waals surface area contributed by atoms with E-state index in [0.29, 0.717) is 6.04 Å². The molecule has 26 heavy (non-hydrogen) atoms. The summed E-state index contributed by atoms with van der Waals surface area (Å²) in [7, 11) is 0. The summed E-state index contributed by atoms with van der Waals surface area (Å²) >= 11 is 0. The van der Waals surface area contributed by atoms with Crippen molar-refractivity contribution < 1.29 is 15.0 Å². The fraction of sp³-hybridized carbons (Fsp3) is 0.571. The molecule has 1 unspecified atom stereocenters. The van der Waals surface area contributed by atoms with Crippen molar-refractivity contribution in [3.63, 3.8) is 0 Å². The van der Waals surface area contributed by atoms with E-state index in [9.17, 15) is 15.0 Å². The maximum Gasteiger partial charge on any atom is 0.229 e. The van der Waals surface area contributed by atoms with E-state index in [2.05, 4.69) is 23.1 Å². The van der Waals surface area contributed by atoms with Crippen LogP contribution in [0.2, 0.25) is 0 Å². The Hall–Kier alpha value is -1.69. The van der Waals surface area contributed by atoms with Crippen molar-refractivity contribution in [2.75, 3.05) is 24.6 Å². The number of hydrogen-bond acceptors (Lipinski definition) is 4. The molecule has 4 aliphatic heterocycles. The van der Waals surface area contributed by atoms with Gasteiger partial charge in [0.25, 0.3) is 0 Å². The van der Waals surface area contributed by atoms with Gasteiger partial charge in [0.15, 0.2) is 0 Å². The third-order valence-electron chi connectivity index (χ3n) is 7.94. The first-order valence-electron chi connectivity index (χ1n) is 9.80. The van der Waals surface area contributed by atoms with Gasteiger partial charge in [0.1, 0.15) is 0 Å². The summed E-state index contributed by atoms with van der Waals surface area (Å²) < 4.78 is 0. The van der Waals surface area contributed by atoms with Gasteiger partial charge >= 0.3 is 0 Å². The third kappa shape index (κ3) is 1.57. The summed E-state index contributed by atoms with van der Waals surface area (Å²) in [6.07, 6.45) is 3.64. The van der Waals surface area contributed by atoms with E-state index in [0.717, 1.165) is 31.6 Å². The Balaban J connectivity index is 1.61. The van der Waals surface area contributed by atoms with Crippen molar-refractivity contribution in [2.24, 2.45) is 11.8 Å². The highest BCUT2D eigenvalue weighted by Crippen LogP contribution is 2.64. The number of hydrogen-bond donors (Lipinski definition) is 2. The van der Waals surface area contributed by atoms with Crippen LogP contribution in [0.15, 0.2) is 35.9 Å². The van der Waals surface area contributed by atoms with E-state index in [4.69, 9.17) is 0 Å². The Morgan fingerprint density at radius 3 is 3.00 bits per heavy atom. The Kier molecular flexibility index (Phi) is 2.94. The first kappa shape index (κ1) is 15.4. The SMILES string of the molecule is O=C1CC(O)[C@H]2[C@@H]3N1c1ccccc1[C@@]31CCN3C/C(=C/CO)[C@@H]2C[C@H]31. The number of para-hydroxylation sites is 1. The van der Waals surface area contributed by atoms with Gasteiger partial charge < -0.3 is 15.1 Å². The molecule has 1 aromatic rings. The van der Waals surface area contributed by atoms with Gasteiger partial charge in [-0.25, -0.2) is 0 Å². The predicted molar refractivity (Wildman–Crippen MR) is 96.8 cm³/mol. The minimum atomic E-state index is -0.588. The van der Waals surface area contributed by atoms with Crippen LogP contribution in [-0.4, -0.2) is 58.9 Å². The minimum Gasteiger partial charge on any atom is -0.392 e. The summed E-state index contributed by atoms with van der Waals surface area (Å²) in [5.74, 6) is 0.392. The fourth-order valence-electron chi connectivity index (χ4n) is 7.20. The molecule has 5 aliphatic rings. The molecule has 3 saturated heterocycles. The average molecular weight is 352 g/mol. The molecule has 5 nitrogen and oxygen atoms in total. The summed E-state index contributed by atoms with van der Waals surface area (Å²) in [4.78, 5) is 17.6. The molecule has 1 spiro atoms. The van der Waals surface area contributed by atoms with Crippen LogP contribution < -0.4 is 4.90 Å². The van der Waals surface area contributed by atoms with Gasteiger partial charge in [-0.3, -0.25) is 9.69 Å². The van der Waals surface area contributed by atoms with E-state index in [1.54, 1.807) is 0 Å². The zero-order valence-corrected chi connectivity index (χ0v) is 14.7. The number of nitrogens with zero attached hydrogens (tertiary/aromatic N) is 2. The largest absolute Gasteiger partial charge is 0.392 e. The minimum absolute atomic E-state index is 0.0421. The second-order valence-corrected chi connectivity index (χ2v) is 8.65. The number of piperidine rings is 2. The molecule has 1 aromatic carbocycles. The van der Waals surface area contributed by atoms with Crippen molar-refractivity contribution >= 4 is 11.6 Å². The Morgan fingerprint density at radius 1 is 1.31 bits per heavy atom. The zero-order chi connectivity index (χ0) is 17.6. The van der Waals surface area contributed by atoms with Gasteiger partial charge in [0, 0.05) is 29.6 Å². The van der Waals surface area contributed by atoms with Crippen LogP contribution in [0.3, 0.4) is 0 Å². The maximum atomic E-state index is 13.0. The number of amides is 1. The van der Waals surface area contributed by atoms with Gasteiger partial charge in [-0.05, 0) is 36.9 Å². The number of carbonyl (C=O) groups is 1. The van der Waals surface area contributed by atoms with Gasteiger partial charge in [0.05, 0.1) is 25.2 Å². The topological polar surface area (TPSA) is 64.0 Å². The van der Waals surface area contributed by atoms with Gasteiger partial charge in [0.2, 0.25) is 5.91 Å². The molecular weight excluding hydrogens is 328 g/mol. The van der Waals surface area contributed by atoms with Crippen molar-refractivity contribution in [1.82, 2.24) is 4.90 Å². The summed E-state index contributed by atoms with van der Waals surface area (Å²) in [5.41, 5.74) is 3.60. The molecule has 0 radical (unpaired) electrons. The summed E-state index contributed by atoms with van der Waals surface area (Å²) in [5, 5.41) is 20.5. The Labute approximate surface area is 152 Å². The number of carbonyl (C=O) groups excluding carboxylic acids is 1. The van der Waals surface area contributed by atoms with E-state index >= 15 is 0 Å². The monoisotopic (exact) mass is 352 g/mol. The lowest BCUT2D eigenvalue weighted by Gasteiger charge is -2.58. The molecule has 6 rings (SSSR count). The van der Waals surface area contributed by atoms with E-state index in [1.807, 2.05) is 17.0 Å². The van der Waals surface area contributed by atoms with Crippen molar-refractivity contribution in [1.29, 1.82) is 0 Å². The molecule has 4 fully saturated rings. The molecule has 2 N–H and O–H groups in total. The predicted octanol–water partition coefficient (Wildman–Crippen LogP) is 1.05. The lowest BCUT2D eigenvalue weighted by molar-refractivity contribution is -0.129. The molecule has 1 amide bonds. The molecule has 1 saturated carbocycles. The number of benzene rings is 1. The molecule has 1 aliphatic carbocycles. The zero-order valence-electron chi connectivity index (χ0n) is 14.7. The van der Waals surface area contributed by atoms with Crippen LogP contribution in [-0.2, 0) is 10.2 Å². The second kappa shape index (κ2) is 4.97. The normalized spacial score (nSPS) is 44.4. The molecule has 136 valence electrons. The number of aliphatic hydroxyl groups excluding tert-OH is 2. The number of anilines is 1. The standard InChI is InChI=1S/C21H24N2O3/c24-8-5-12-11-22-7-6-21-14-3-1-2-4-15(14)23-18(26)10-16(25)19(20(21)23)13(12)9-17(21)22/h1-5,13,16-17,19-20,24-25H,6-11H2/b12-5-/t13-,16?,17-,19-,20-,21+/m0/s1. The van der Waals surface area contributed by atoms with E-state index in [-0.39, 0.29) is 42.2 Å².